The van der Waals surface area contributed by atoms with E-state index in [9.17, 15) is 4.79 Å². The third kappa shape index (κ3) is 4.07. The van der Waals surface area contributed by atoms with Crippen LogP contribution in [0.2, 0.25) is 0 Å². The van der Waals surface area contributed by atoms with Gasteiger partial charge in [0.1, 0.15) is 0 Å². The first-order valence-corrected chi connectivity index (χ1v) is 6.64. The van der Waals surface area contributed by atoms with Gasteiger partial charge in [-0.05, 0) is 32.4 Å². The second-order valence-corrected chi connectivity index (χ2v) is 6.11. The van der Waals surface area contributed by atoms with E-state index in [0.29, 0.717) is 11.3 Å². The van der Waals surface area contributed by atoms with E-state index in [2.05, 4.69) is 23.5 Å². The number of terminal acetylenes is 1. The van der Waals surface area contributed by atoms with Crippen LogP contribution in [0.25, 0.3) is 0 Å². The van der Waals surface area contributed by atoms with Crippen LogP contribution >= 0.6 is 11.8 Å². The van der Waals surface area contributed by atoms with Crippen molar-refractivity contribution in [2.45, 2.75) is 37.5 Å². The molecule has 16 heavy (non-hydrogen) atoms. The largest absolute Gasteiger partial charge is 0.344 e. The Bertz CT molecular complexity index is 279. The quantitative estimate of drug-likeness (QED) is 0.704. The van der Waals surface area contributed by atoms with Gasteiger partial charge >= 0.3 is 0 Å². The third-order valence-corrected chi connectivity index (χ3v) is 4.38. The number of nitrogens with one attached hydrogen (secondary N) is 2. The molecule has 0 aromatic heterocycles. The SMILES string of the molecule is C#CCNC(=O)C(C)NCC1(C)CCCS1. The van der Waals surface area contributed by atoms with Crippen LogP contribution in [0.3, 0.4) is 0 Å². The molecule has 0 aliphatic carbocycles. The van der Waals surface area contributed by atoms with Crippen LogP contribution in [0.15, 0.2) is 0 Å². The maximum Gasteiger partial charge on any atom is 0.237 e. The Morgan fingerprint density at radius 3 is 3.00 bits per heavy atom. The fraction of sp³-hybridized carbons (Fsp3) is 0.750. The topological polar surface area (TPSA) is 41.1 Å². The van der Waals surface area contributed by atoms with Gasteiger partial charge in [0, 0.05) is 11.3 Å². The zero-order valence-electron chi connectivity index (χ0n) is 10.0. The lowest BCUT2D eigenvalue weighted by molar-refractivity contribution is -0.122. The summed E-state index contributed by atoms with van der Waals surface area (Å²) >= 11 is 1.99. The van der Waals surface area contributed by atoms with E-state index in [1.165, 1.54) is 18.6 Å². The van der Waals surface area contributed by atoms with Crippen molar-refractivity contribution in [3.63, 3.8) is 0 Å². The lowest BCUT2D eigenvalue weighted by Gasteiger charge is -2.25. The molecule has 0 radical (unpaired) electrons. The Hall–Kier alpha value is -0.660. The van der Waals surface area contributed by atoms with Crippen LogP contribution in [0.4, 0.5) is 0 Å². The standard InChI is InChI=1S/C12H20N2OS/c1-4-7-13-11(15)10(2)14-9-12(3)6-5-8-16-12/h1,10,14H,5-9H2,2-3H3,(H,13,15). The van der Waals surface area contributed by atoms with Gasteiger partial charge in [-0.3, -0.25) is 4.79 Å². The van der Waals surface area contributed by atoms with Crippen molar-refractivity contribution >= 4 is 17.7 Å². The second-order valence-electron chi connectivity index (χ2n) is 4.43. The minimum atomic E-state index is -0.175. The maximum absolute atomic E-state index is 11.5. The number of hydrogen-bond donors (Lipinski definition) is 2. The van der Waals surface area contributed by atoms with Gasteiger partial charge < -0.3 is 10.6 Å². The van der Waals surface area contributed by atoms with E-state index in [-0.39, 0.29) is 11.9 Å². The molecule has 1 aliphatic heterocycles. The molecule has 3 nitrogen and oxygen atoms in total. The summed E-state index contributed by atoms with van der Waals surface area (Å²) in [6, 6.07) is -0.175. The summed E-state index contributed by atoms with van der Waals surface area (Å²) < 4.78 is 0.292. The molecule has 2 atom stereocenters. The smallest absolute Gasteiger partial charge is 0.237 e. The van der Waals surface area contributed by atoms with E-state index < -0.39 is 0 Å². The number of carbonyl (C=O) groups is 1. The molecule has 0 aromatic carbocycles. The number of amides is 1. The maximum atomic E-state index is 11.5. The molecule has 1 rings (SSSR count). The molecule has 4 heteroatoms. The average molecular weight is 240 g/mol. The first kappa shape index (κ1) is 13.4. The molecule has 0 aromatic rings. The van der Waals surface area contributed by atoms with Crippen LogP contribution in [0.1, 0.15) is 26.7 Å². The molecule has 2 N–H and O–H groups in total. The van der Waals surface area contributed by atoms with Crippen LogP contribution < -0.4 is 10.6 Å². The molecule has 1 saturated heterocycles. The van der Waals surface area contributed by atoms with Crippen LogP contribution in [-0.2, 0) is 4.79 Å². The molecular weight excluding hydrogens is 220 g/mol. The van der Waals surface area contributed by atoms with E-state index in [0.717, 1.165) is 6.54 Å². The van der Waals surface area contributed by atoms with E-state index in [4.69, 9.17) is 6.42 Å². The molecule has 90 valence electrons. The van der Waals surface area contributed by atoms with E-state index in [1.54, 1.807) is 0 Å². The first-order valence-electron chi connectivity index (χ1n) is 5.66. The highest BCUT2D eigenvalue weighted by Gasteiger charge is 2.30. The lowest BCUT2D eigenvalue weighted by atomic mass is 10.1. The molecular formula is C12H20N2OS. The summed E-state index contributed by atoms with van der Waals surface area (Å²) in [5, 5.41) is 5.95. The highest BCUT2D eigenvalue weighted by Crippen LogP contribution is 2.36. The number of carbonyl (C=O) groups excluding carboxylic acids is 1. The lowest BCUT2D eigenvalue weighted by Crippen LogP contribution is -2.46. The highest BCUT2D eigenvalue weighted by molar-refractivity contribution is 8.00. The summed E-state index contributed by atoms with van der Waals surface area (Å²) in [6.07, 6.45) is 7.59. The normalized spacial score (nSPS) is 26.1. The predicted octanol–water partition coefficient (Wildman–Crippen LogP) is 1.000. The highest BCUT2D eigenvalue weighted by atomic mass is 32.2. The Morgan fingerprint density at radius 2 is 2.44 bits per heavy atom. The van der Waals surface area contributed by atoms with Crippen LogP contribution in [-0.4, -0.2) is 35.5 Å². The van der Waals surface area contributed by atoms with Gasteiger partial charge in [0.25, 0.3) is 0 Å². The number of rotatable bonds is 5. The van der Waals surface area contributed by atoms with Gasteiger partial charge in [-0.1, -0.05) is 5.92 Å². The van der Waals surface area contributed by atoms with Gasteiger partial charge in [0.2, 0.25) is 5.91 Å². The first-order chi connectivity index (χ1) is 7.57. The van der Waals surface area contributed by atoms with Crippen molar-refractivity contribution in [2.75, 3.05) is 18.8 Å². The Balaban J connectivity index is 2.26. The molecule has 0 saturated carbocycles. The van der Waals surface area contributed by atoms with E-state index >= 15 is 0 Å². The summed E-state index contributed by atoms with van der Waals surface area (Å²) in [4.78, 5) is 11.5. The zero-order valence-corrected chi connectivity index (χ0v) is 10.8. The molecule has 1 heterocycles. The Morgan fingerprint density at radius 1 is 1.69 bits per heavy atom. The molecule has 2 unspecified atom stereocenters. The molecule has 1 fully saturated rings. The van der Waals surface area contributed by atoms with Crippen molar-refractivity contribution < 1.29 is 4.79 Å². The van der Waals surface area contributed by atoms with Crippen molar-refractivity contribution in [3.05, 3.63) is 0 Å². The summed E-state index contributed by atoms with van der Waals surface area (Å²) in [5.74, 6) is 3.60. The number of thioether (sulfide) groups is 1. The van der Waals surface area contributed by atoms with Crippen molar-refractivity contribution in [1.29, 1.82) is 0 Å². The van der Waals surface area contributed by atoms with E-state index in [1.807, 2.05) is 18.7 Å². The third-order valence-electron chi connectivity index (χ3n) is 2.84. The van der Waals surface area contributed by atoms with Crippen LogP contribution in [0.5, 0.6) is 0 Å². The minimum absolute atomic E-state index is 0.0236. The summed E-state index contributed by atoms with van der Waals surface area (Å²) in [5.41, 5.74) is 0. The second kappa shape index (κ2) is 6.17. The van der Waals surface area contributed by atoms with Crippen molar-refractivity contribution in [3.8, 4) is 12.3 Å². The Labute approximate surface area is 102 Å². The molecule has 0 bridgehead atoms. The van der Waals surface area contributed by atoms with Crippen molar-refractivity contribution in [1.82, 2.24) is 10.6 Å². The Kier molecular flexibility index (Phi) is 5.17. The average Bonchev–Trinajstić information content (AvgIpc) is 2.70. The molecule has 0 spiro atoms. The van der Waals surface area contributed by atoms with Crippen molar-refractivity contribution in [2.24, 2.45) is 0 Å². The number of hydrogen-bond acceptors (Lipinski definition) is 3. The summed E-state index contributed by atoms with van der Waals surface area (Å²) in [6.45, 7) is 5.30. The minimum Gasteiger partial charge on any atom is -0.344 e. The summed E-state index contributed by atoms with van der Waals surface area (Å²) in [7, 11) is 0. The van der Waals surface area contributed by atoms with Gasteiger partial charge in [-0.2, -0.15) is 11.8 Å². The molecule has 1 amide bonds. The zero-order chi connectivity index (χ0) is 12.0. The van der Waals surface area contributed by atoms with Gasteiger partial charge in [0.05, 0.1) is 12.6 Å². The fourth-order valence-electron chi connectivity index (χ4n) is 1.73. The van der Waals surface area contributed by atoms with Gasteiger partial charge in [-0.25, -0.2) is 0 Å². The fourth-order valence-corrected chi connectivity index (χ4v) is 2.98. The molecule has 1 aliphatic rings. The van der Waals surface area contributed by atoms with Gasteiger partial charge in [-0.15, -0.1) is 6.42 Å². The van der Waals surface area contributed by atoms with Gasteiger partial charge in [0.15, 0.2) is 0 Å². The predicted molar refractivity (Wildman–Crippen MR) is 69.4 cm³/mol. The van der Waals surface area contributed by atoms with Crippen LogP contribution in [0, 0.1) is 12.3 Å². The monoisotopic (exact) mass is 240 g/mol.